The van der Waals surface area contributed by atoms with Crippen LogP contribution in [0.15, 0.2) is 42.5 Å². The zero-order valence-corrected chi connectivity index (χ0v) is 14.1. The van der Waals surface area contributed by atoms with E-state index in [4.69, 9.17) is 34.8 Å². The van der Waals surface area contributed by atoms with Crippen molar-refractivity contribution in [3.05, 3.63) is 68.7 Å². The summed E-state index contributed by atoms with van der Waals surface area (Å²) in [4.78, 5) is 0. The number of hydrogen-bond donors (Lipinski definition) is 1. The normalized spacial score (nSPS) is 12.4. The Bertz CT molecular complexity index is 598. The second-order valence-corrected chi connectivity index (χ2v) is 6.40. The first-order valence-electron chi connectivity index (χ1n) is 6.92. The van der Waals surface area contributed by atoms with E-state index in [9.17, 15) is 0 Å². The van der Waals surface area contributed by atoms with Crippen molar-refractivity contribution >= 4 is 34.8 Å². The first-order chi connectivity index (χ1) is 10.1. The van der Waals surface area contributed by atoms with E-state index in [2.05, 4.69) is 11.4 Å². The van der Waals surface area contributed by atoms with Gasteiger partial charge in [-0.1, -0.05) is 59.1 Å². The zero-order valence-electron chi connectivity index (χ0n) is 11.9. The average Bonchev–Trinajstić information content (AvgIpc) is 2.44. The van der Waals surface area contributed by atoms with Gasteiger partial charge in [0, 0.05) is 5.02 Å². The van der Waals surface area contributed by atoms with Crippen LogP contribution < -0.4 is 5.32 Å². The lowest BCUT2D eigenvalue weighted by Gasteiger charge is -2.18. The zero-order chi connectivity index (χ0) is 15.2. The largest absolute Gasteiger partial charge is 0.319 e. The molecule has 0 aliphatic heterocycles. The molecule has 112 valence electrons. The predicted octanol–water partition coefficient (Wildman–Crippen LogP) is 5.27. The molecule has 0 radical (unpaired) electrons. The fraction of sp³-hybridized carbons (Fsp3) is 0.294. The molecular weight excluding hydrogens is 325 g/mol. The van der Waals surface area contributed by atoms with Crippen molar-refractivity contribution in [3.8, 4) is 0 Å². The minimum absolute atomic E-state index is 0.435. The fourth-order valence-corrected chi connectivity index (χ4v) is 3.13. The molecule has 2 aromatic rings. The molecule has 0 aliphatic rings. The van der Waals surface area contributed by atoms with E-state index < -0.39 is 0 Å². The lowest BCUT2D eigenvalue weighted by atomic mass is 9.92. The van der Waals surface area contributed by atoms with Crippen LogP contribution >= 0.6 is 34.8 Å². The van der Waals surface area contributed by atoms with Crippen LogP contribution in [0.2, 0.25) is 15.1 Å². The molecule has 0 aliphatic carbocycles. The maximum Gasteiger partial charge on any atom is 0.0624 e. The summed E-state index contributed by atoms with van der Waals surface area (Å²) in [7, 11) is 1.96. The van der Waals surface area contributed by atoms with Crippen LogP contribution in [0.3, 0.4) is 0 Å². The van der Waals surface area contributed by atoms with Gasteiger partial charge in [-0.2, -0.15) is 0 Å². The van der Waals surface area contributed by atoms with E-state index >= 15 is 0 Å². The van der Waals surface area contributed by atoms with Crippen LogP contribution in [0.4, 0.5) is 0 Å². The van der Waals surface area contributed by atoms with Gasteiger partial charge in [0.25, 0.3) is 0 Å². The summed E-state index contributed by atoms with van der Waals surface area (Å²) < 4.78 is 0. The molecule has 0 saturated carbocycles. The molecule has 4 heteroatoms. The number of hydrogen-bond acceptors (Lipinski definition) is 1. The minimum atomic E-state index is 0.435. The van der Waals surface area contributed by atoms with E-state index in [1.54, 1.807) is 0 Å². The van der Waals surface area contributed by atoms with Gasteiger partial charge in [-0.05, 0) is 61.7 Å². The van der Waals surface area contributed by atoms with Gasteiger partial charge in [-0.25, -0.2) is 0 Å². The summed E-state index contributed by atoms with van der Waals surface area (Å²) >= 11 is 18.4. The highest BCUT2D eigenvalue weighted by molar-refractivity contribution is 6.42. The van der Waals surface area contributed by atoms with E-state index in [-0.39, 0.29) is 0 Å². The summed E-state index contributed by atoms with van der Waals surface area (Å²) in [5.41, 5.74) is 2.33. The molecule has 1 N–H and O–H groups in total. The van der Waals surface area contributed by atoms with Crippen LogP contribution in [0.5, 0.6) is 0 Å². The van der Waals surface area contributed by atoms with Gasteiger partial charge in [0.2, 0.25) is 0 Å². The summed E-state index contributed by atoms with van der Waals surface area (Å²) in [5.74, 6) is 0.435. The van der Waals surface area contributed by atoms with Gasteiger partial charge in [-0.3, -0.25) is 0 Å². The van der Waals surface area contributed by atoms with Crippen LogP contribution in [0.25, 0.3) is 0 Å². The highest BCUT2D eigenvalue weighted by atomic mass is 35.5. The molecule has 0 saturated heterocycles. The van der Waals surface area contributed by atoms with Gasteiger partial charge < -0.3 is 5.32 Å². The molecule has 0 aromatic heterocycles. The Balaban J connectivity index is 2.13. The van der Waals surface area contributed by atoms with Gasteiger partial charge in [-0.15, -0.1) is 0 Å². The summed E-state index contributed by atoms with van der Waals surface area (Å²) in [5, 5.41) is 5.29. The third-order valence-electron chi connectivity index (χ3n) is 3.45. The highest BCUT2D eigenvalue weighted by Crippen LogP contribution is 2.28. The maximum absolute atomic E-state index is 6.29. The first kappa shape index (κ1) is 16.6. The maximum atomic E-state index is 6.29. The van der Waals surface area contributed by atoms with Crippen molar-refractivity contribution in [1.82, 2.24) is 5.32 Å². The van der Waals surface area contributed by atoms with Gasteiger partial charge in [0.05, 0.1) is 10.0 Å². The number of halogens is 3. The van der Waals surface area contributed by atoms with Gasteiger partial charge >= 0.3 is 0 Å². The third-order valence-corrected chi connectivity index (χ3v) is 4.54. The Labute approximate surface area is 141 Å². The Kier molecular flexibility index (Phi) is 6.38. The molecule has 1 atom stereocenters. The second-order valence-electron chi connectivity index (χ2n) is 5.17. The fourth-order valence-electron chi connectivity index (χ4n) is 2.52. The van der Waals surface area contributed by atoms with E-state index in [0.717, 1.165) is 30.0 Å². The Morgan fingerprint density at radius 1 is 1.00 bits per heavy atom. The van der Waals surface area contributed by atoms with Crippen molar-refractivity contribution in [3.63, 3.8) is 0 Å². The smallest absolute Gasteiger partial charge is 0.0624 e. The van der Waals surface area contributed by atoms with E-state index in [1.165, 1.54) is 5.56 Å². The Morgan fingerprint density at radius 3 is 2.48 bits per heavy atom. The predicted molar refractivity (Wildman–Crippen MR) is 92.7 cm³/mol. The molecule has 1 unspecified atom stereocenters. The van der Waals surface area contributed by atoms with Crippen LogP contribution in [-0.4, -0.2) is 13.6 Å². The minimum Gasteiger partial charge on any atom is -0.319 e. The quantitative estimate of drug-likeness (QED) is 0.754. The summed E-state index contributed by atoms with van der Waals surface area (Å²) in [6, 6.07) is 13.8. The molecule has 0 bridgehead atoms. The monoisotopic (exact) mass is 341 g/mol. The highest BCUT2D eigenvalue weighted by Gasteiger charge is 2.13. The first-order valence-corrected chi connectivity index (χ1v) is 8.05. The van der Waals surface area contributed by atoms with Crippen molar-refractivity contribution in [2.75, 3.05) is 13.6 Å². The average molecular weight is 343 g/mol. The number of nitrogens with one attached hydrogen (secondary N) is 1. The Hall–Kier alpha value is -0.730. The second kappa shape index (κ2) is 8.05. The molecule has 0 amide bonds. The van der Waals surface area contributed by atoms with Gasteiger partial charge in [0.1, 0.15) is 0 Å². The van der Waals surface area contributed by atoms with Gasteiger partial charge in [0.15, 0.2) is 0 Å². The van der Waals surface area contributed by atoms with E-state index in [1.807, 2.05) is 43.4 Å². The topological polar surface area (TPSA) is 12.0 Å². The molecule has 1 nitrogen and oxygen atoms in total. The number of benzene rings is 2. The lowest BCUT2D eigenvalue weighted by Crippen LogP contribution is -2.23. The van der Waals surface area contributed by atoms with Crippen LogP contribution in [0, 0.1) is 5.92 Å². The van der Waals surface area contributed by atoms with Crippen molar-refractivity contribution in [2.45, 2.75) is 12.8 Å². The van der Waals surface area contributed by atoms with Crippen LogP contribution in [0.1, 0.15) is 11.1 Å². The molecule has 2 aromatic carbocycles. The molecule has 0 spiro atoms. The van der Waals surface area contributed by atoms with Crippen LogP contribution in [-0.2, 0) is 12.8 Å². The molecule has 0 heterocycles. The number of rotatable bonds is 6. The molecule has 0 fully saturated rings. The molecule has 21 heavy (non-hydrogen) atoms. The van der Waals surface area contributed by atoms with Crippen molar-refractivity contribution in [1.29, 1.82) is 0 Å². The summed E-state index contributed by atoms with van der Waals surface area (Å²) in [6.45, 7) is 0.912. The summed E-state index contributed by atoms with van der Waals surface area (Å²) in [6.07, 6.45) is 1.83. The standard InChI is InChI=1S/C17H18Cl3N/c1-21-11-13(8-12-4-2-6-15(18)10-12)9-14-5-3-7-16(19)17(14)20/h2-7,10,13,21H,8-9,11H2,1H3. The molecule has 2 rings (SSSR count). The molecular formula is C17H18Cl3N. The van der Waals surface area contributed by atoms with E-state index in [0.29, 0.717) is 16.0 Å². The Morgan fingerprint density at radius 2 is 1.76 bits per heavy atom. The SMILES string of the molecule is CNCC(Cc1cccc(Cl)c1)Cc1cccc(Cl)c1Cl. The third kappa shape index (κ3) is 4.89. The van der Waals surface area contributed by atoms with Crippen molar-refractivity contribution < 1.29 is 0 Å². The van der Waals surface area contributed by atoms with Crippen molar-refractivity contribution in [2.24, 2.45) is 5.92 Å². The lowest BCUT2D eigenvalue weighted by molar-refractivity contribution is 0.493.